The number of carboxylic acid groups (broad SMARTS) is 1. The maximum Gasteiger partial charge on any atom is 0.314 e. The molecule has 0 bridgehead atoms. The Morgan fingerprint density at radius 1 is 1.29 bits per heavy atom. The van der Waals surface area contributed by atoms with E-state index in [0.717, 1.165) is 0 Å². The van der Waals surface area contributed by atoms with Crippen LogP contribution < -0.4 is 5.01 Å². The summed E-state index contributed by atoms with van der Waals surface area (Å²) in [6.07, 6.45) is 1.58. The van der Waals surface area contributed by atoms with Crippen molar-refractivity contribution in [1.29, 1.82) is 0 Å². The first-order chi connectivity index (χ1) is 11.5. The highest BCUT2D eigenvalue weighted by atomic mass is 16.6. The van der Waals surface area contributed by atoms with Crippen molar-refractivity contribution in [3.63, 3.8) is 0 Å². The van der Waals surface area contributed by atoms with E-state index in [-0.39, 0.29) is 5.69 Å². The number of carboxylic acids is 1. The van der Waals surface area contributed by atoms with Crippen LogP contribution in [0.15, 0.2) is 53.8 Å². The van der Waals surface area contributed by atoms with Gasteiger partial charge in [-0.1, -0.05) is 18.2 Å². The molecule has 24 heavy (non-hydrogen) atoms. The number of aliphatic carboxylic acids is 1. The van der Waals surface area contributed by atoms with Crippen LogP contribution in [0, 0.1) is 16.0 Å². The Bertz CT molecular complexity index is 822. The highest BCUT2D eigenvalue weighted by Crippen LogP contribution is 2.39. The third-order valence-electron chi connectivity index (χ3n) is 3.87. The van der Waals surface area contributed by atoms with Crippen molar-refractivity contribution < 1.29 is 14.8 Å². The van der Waals surface area contributed by atoms with Gasteiger partial charge in [0.15, 0.2) is 0 Å². The minimum absolute atomic E-state index is 0.0952. The highest BCUT2D eigenvalue weighted by Gasteiger charge is 2.42. The van der Waals surface area contributed by atoms with Gasteiger partial charge in [-0.3, -0.25) is 14.9 Å². The molecule has 0 amide bonds. The Morgan fingerprint density at radius 3 is 2.71 bits per heavy atom. The van der Waals surface area contributed by atoms with E-state index in [9.17, 15) is 20.0 Å². The topological polar surface area (TPSA) is 109 Å². The SMILES string of the molecule is CC1=NN(c2ccccn2)C(c2cccc([N+](=O)[O-])c2)C1C(=O)O. The zero-order valence-corrected chi connectivity index (χ0v) is 12.7. The van der Waals surface area contributed by atoms with E-state index in [2.05, 4.69) is 10.1 Å². The van der Waals surface area contributed by atoms with E-state index >= 15 is 0 Å². The number of nitro groups is 1. The molecule has 3 rings (SSSR count). The molecule has 2 aromatic rings. The lowest BCUT2D eigenvalue weighted by molar-refractivity contribution is -0.384. The fourth-order valence-electron chi connectivity index (χ4n) is 2.82. The molecule has 0 saturated heterocycles. The van der Waals surface area contributed by atoms with Gasteiger partial charge in [-0.15, -0.1) is 0 Å². The van der Waals surface area contributed by atoms with Crippen LogP contribution in [0.4, 0.5) is 11.5 Å². The molecule has 0 saturated carbocycles. The summed E-state index contributed by atoms with van der Waals surface area (Å²) in [5, 5.41) is 26.5. The maximum atomic E-state index is 11.7. The summed E-state index contributed by atoms with van der Waals surface area (Å²) < 4.78 is 0. The fourth-order valence-corrected chi connectivity index (χ4v) is 2.82. The Kier molecular flexibility index (Phi) is 3.95. The largest absolute Gasteiger partial charge is 0.481 e. The van der Waals surface area contributed by atoms with Crippen LogP contribution in [0.25, 0.3) is 0 Å². The number of anilines is 1. The average molecular weight is 326 g/mol. The molecule has 1 aliphatic rings. The van der Waals surface area contributed by atoms with E-state index < -0.39 is 22.9 Å². The number of hydrazone groups is 1. The summed E-state index contributed by atoms with van der Waals surface area (Å²) in [5.41, 5.74) is 0.828. The van der Waals surface area contributed by atoms with Crippen molar-refractivity contribution in [1.82, 2.24) is 4.98 Å². The van der Waals surface area contributed by atoms with Gasteiger partial charge < -0.3 is 5.11 Å². The van der Waals surface area contributed by atoms with Gasteiger partial charge in [0.2, 0.25) is 0 Å². The standard InChI is InChI=1S/C16H14N4O4/c1-10-14(16(21)22)15(11-5-4-6-12(9-11)20(23)24)19(18-10)13-7-2-3-8-17-13/h2-9,14-15H,1H3,(H,21,22). The van der Waals surface area contributed by atoms with Gasteiger partial charge in [0, 0.05) is 18.3 Å². The molecule has 1 N–H and O–H groups in total. The molecule has 1 aliphatic heterocycles. The van der Waals surface area contributed by atoms with Crippen LogP contribution in [0.2, 0.25) is 0 Å². The van der Waals surface area contributed by atoms with Crippen LogP contribution in [0.3, 0.4) is 0 Å². The van der Waals surface area contributed by atoms with E-state index in [0.29, 0.717) is 17.1 Å². The van der Waals surface area contributed by atoms with E-state index in [1.54, 1.807) is 37.4 Å². The lowest BCUT2D eigenvalue weighted by Crippen LogP contribution is -2.30. The number of pyridine rings is 1. The normalized spacial score (nSPS) is 19.9. The number of aromatic nitrogens is 1. The summed E-state index contributed by atoms with van der Waals surface area (Å²) >= 11 is 0. The van der Waals surface area contributed by atoms with Gasteiger partial charge >= 0.3 is 5.97 Å². The Balaban J connectivity index is 2.11. The van der Waals surface area contributed by atoms with Gasteiger partial charge in [0.1, 0.15) is 11.7 Å². The highest BCUT2D eigenvalue weighted by molar-refractivity contribution is 6.03. The third-order valence-corrected chi connectivity index (χ3v) is 3.87. The average Bonchev–Trinajstić information content (AvgIpc) is 2.93. The molecule has 2 unspecified atom stereocenters. The molecule has 0 spiro atoms. The molecule has 0 fully saturated rings. The number of carbonyl (C=O) groups is 1. The number of hydrogen-bond acceptors (Lipinski definition) is 6. The lowest BCUT2D eigenvalue weighted by Gasteiger charge is -2.25. The van der Waals surface area contributed by atoms with Gasteiger partial charge in [-0.2, -0.15) is 5.10 Å². The zero-order chi connectivity index (χ0) is 17.3. The van der Waals surface area contributed by atoms with E-state index in [4.69, 9.17) is 0 Å². The zero-order valence-electron chi connectivity index (χ0n) is 12.7. The molecule has 0 aliphatic carbocycles. The number of nitrogens with zero attached hydrogens (tertiary/aromatic N) is 4. The van der Waals surface area contributed by atoms with Crippen LogP contribution in [-0.2, 0) is 4.79 Å². The van der Waals surface area contributed by atoms with E-state index in [1.807, 2.05) is 0 Å². The smallest absolute Gasteiger partial charge is 0.314 e. The molecular weight excluding hydrogens is 312 g/mol. The summed E-state index contributed by atoms with van der Waals surface area (Å²) in [7, 11) is 0. The molecule has 2 heterocycles. The van der Waals surface area contributed by atoms with Crippen LogP contribution in [0.5, 0.6) is 0 Å². The van der Waals surface area contributed by atoms with Crippen molar-refractivity contribution in [2.45, 2.75) is 13.0 Å². The van der Waals surface area contributed by atoms with Gasteiger partial charge in [-0.25, -0.2) is 9.99 Å². The first-order valence-corrected chi connectivity index (χ1v) is 7.21. The number of rotatable bonds is 4. The Labute approximate surface area is 137 Å². The van der Waals surface area contributed by atoms with Crippen molar-refractivity contribution in [2.24, 2.45) is 11.0 Å². The number of nitro benzene ring substituents is 1. The van der Waals surface area contributed by atoms with Gasteiger partial charge in [0.05, 0.1) is 16.7 Å². The minimum Gasteiger partial charge on any atom is -0.481 e. The fraction of sp³-hybridized carbons (Fsp3) is 0.188. The molecule has 2 atom stereocenters. The third kappa shape index (κ3) is 2.69. The first kappa shape index (κ1) is 15.6. The van der Waals surface area contributed by atoms with Crippen molar-refractivity contribution >= 4 is 23.2 Å². The lowest BCUT2D eigenvalue weighted by atomic mass is 9.90. The second kappa shape index (κ2) is 6.07. The molecule has 122 valence electrons. The van der Waals surface area contributed by atoms with Crippen LogP contribution >= 0.6 is 0 Å². The molecule has 0 radical (unpaired) electrons. The van der Waals surface area contributed by atoms with Gasteiger partial charge in [-0.05, 0) is 24.6 Å². The van der Waals surface area contributed by atoms with Gasteiger partial charge in [0.25, 0.3) is 5.69 Å². The Morgan fingerprint density at radius 2 is 2.08 bits per heavy atom. The first-order valence-electron chi connectivity index (χ1n) is 7.21. The van der Waals surface area contributed by atoms with Crippen molar-refractivity contribution in [3.8, 4) is 0 Å². The molecule has 8 heteroatoms. The molecule has 1 aromatic heterocycles. The minimum atomic E-state index is -1.04. The van der Waals surface area contributed by atoms with Crippen molar-refractivity contribution in [2.75, 3.05) is 5.01 Å². The number of hydrogen-bond donors (Lipinski definition) is 1. The molecule has 1 aromatic carbocycles. The van der Waals surface area contributed by atoms with Crippen LogP contribution in [-0.4, -0.2) is 26.7 Å². The summed E-state index contributed by atoms with van der Waals surface area (Å²) in [5.74, 6) is -1.46. The summed E-state index contributed by atoms with van der Waals surface area (Å²) in [6.45, 7) is 1.63. The second-order valence-corrected chi connectivity index (χ2v) is 5.39. The second-order valence-electron chi connectivity index (χ2n) is 5.39. The van der Waals surface area contributed by atoms with Crippen LogP contribution in [0.1, 0.15) is 18.5 Å². The molecular formula is C16H14N4O4. The maximum absolute atomic E-state index is 11.7. The predicted octanol–water partition coefficient (Wildman–Crippen LogP) is 2.63. The number of benzene rings is 1. The summed E-state index contributed by atoms with van der Waals surface area (Å²) in [6, 6.07) is 10.5. The monoisotopic (exact) mass is 326 g/mol. The predicted molar refractivity (Wildman–Crippen MR) is 86.8 cm³/mol. The summed E-state index contributed by atoms with van der Waals surface area (Å²) in [4.78, 5) is 26.5. The van der Waals surface area contributed by atoms with Crippen molar-refractivity contribution in [3.05, 3.63) is 64.3 Å². The quantitative estimate of drug-likeness (QED) is 0.683. The van der Waals surface area contributed by atoms with E-state index in [1.165, 1.54) is 23.2 Å². The number of non-ortho nitro benzene ring substituents is 1. The molecule has 8 nitrogen and oxygen atoms in total. The Hall–Kier alpha value is -3.29.